The van der Waals surface area contributed by atoms with Gasteiger partial charge in [-0.25, -0.2) is 8.42 Å². The van der Waals surface area contributed by atoms with Gasteiger partial charge in [-0.1, -0.05) is 108 Å². The van der Waals surface area contributed by atoms with Gasteiger partial charge >= 0.3 is 0 Å². The zero-order chi connectivity index (χ0) is 32.6. The Kier molecular flexibility index (Phi) is 11.6. The Morgan fingerprint density at radius 1 is 0.778 bits per heavy atom. The van der Waals surface area contributed by atoms with Crippen LogP contribution in [0.25, 0.3) is 0 Å². The van der Waals surface area contributed by atoms with E-state index in [1.165, 1.54) is 4.90 Å². The van der Waals surface area contributed by atoms with E-state index < -0.39 is 28.5 Å². The lowest BCUT2D eigenvalue weighted by Gasteiger charge is -2.34. The molecule has 9 heteroatoms. The van der Waals surface area contributed by atoms with Crippen molar-refractivity contribution in [2.45, 2.75) is 51.6 Å². The van der Waals surface area contributed by atoms with Gasteiger partial charge in [-0.2, -0.15) is 0 Å². The fraction of sp³-hybridized carbons (Fsp3) is 0.278. The first-order valence-corrected chi connectivity index (χ1v) is 17.2. The number of carbonyl (C=O) groups excluding carboxylic acids is 2. The summed E-state index contributed by atoms with van der Waals surface area (Å²) in [5.41, 5.74) is 3.94. The van der Waals surface area contributed by atoms with E-state index in [4.69, 9.17) is 0 Å². The topological polar surface area (TPSA) is 86.8 Å². The largest absolute Gasteiger partial charge is 0.354 e. The number of rotatable bonds is 13. The molecular weight excluding hydrogens is 650 g/mol. The molecule has 1 N–H and O–H groups in total. The monoisotopic (exact) mass is 689 g/mol. The van der Waals surface area contributed by atoms with E-state index in [2.05, 4.69) is 21.2 Å². The molecule has 2 amide bonds. The molecule has 0 aliphatic heterocycles. The van der Waals surface area contributed by atoms with Crippen molar-refractivity contribution in [1.82, 2.24) is 10.2 Å². The minimum Gasteiger partial charge on any atom is -0.354 e. The molecule has 0 aromatic heterocycles. The summed E-state index contributed by atoms with van der Waals surface area (Å²) in [6, 6.07) is 29.8. The molecule has 7 nitrogen and oxygen atoms in total. The normalized spacial score (nSPS) is 12.0. The predicted molar refractivity (Wildman–Crippen MR) is 183 cm³/mol. The Balaban J connectivity index is 1.79. The van der Waals surface area contributed by atoms with Gasteiger partial charge < -0.3 is 10.2 Å². The first-order valence-electron chi connectivity index (χ1n) is 15.0. The minimum absolute atomic E-state index is 0.0800. The van der Waals surface area contributed by atoms with Crippen LogP contribution in [0.5, 0.6) is 0 Å². The summed E-state index contributed by atoms with van der Waals surface area (Å²) >= 11 is 3.47. The molecule has 45 heavy (non-hydrogen) atoms. The highest BCUT2D eigenvalue weighted by atomic mass is 79.9. The number of sulfonamides is 1. The van der Waals surface area contributed by atoms with Crippen LogP contribution in [-0.2, 0) is 32.6 Å². The van der Waals surface area contributed by atoms with Crippen LogP contribution in [0.3, 0.4) is 0 Å². The minimum atomic E-state index is -4.14. The van der Waals surface area contributed by atoms with E-state index in [-0.39, 0.29) is 29.7 Å². The average Bonchev–Trinajstić information content (AvgIpc) is 3.02. The molecule has 0 radical (unpaired) electrons. The van der Waals surface area contributed by atoms with E-state index >= 15 is 0 Å². The Morgan fingerprint density at radius 3 is 1.93 bits per heavy atom. The first-order chi connectivity index (χ1) is 21.4. The molecule has 1 atom stereocenters. The van der Waals surface area contributed by atoms with Crippen LogP contribution >= 0.6 is 15.9 Å². The van der Waals surface area contributed by atoms with E-state index in [0.29, 0.717) is 12.2 Å². The van der Waals surface area contributed by atoms with Crippen molar-refractivity contribution < 1.29 is 18.0 Å². The Labute approximate surface area is 275 Å². The second-order valence-corrected chi connectivity index (χ2v) is 14.4. The smallest absolute Gasteiger partial charge is 0.264 e. The lowest BCUT2D eigenvalue weighted by atomic mass is 10.0. The fourth-order valence-corrected chi connectivity index (χ4v) is 6.52. The van der Waals surface area contributed by atoms with Crippen LogP contribution in [0.15, 0.2) is 112 Å². The second kappa shape index (κ2) is 15.4. The van der Waals surface area contributed by atoms with E-state index in [1.54, 1.807) is 36.4 Å². The molecule has 0 aliphatic carbocycles. The van der Waals surface area contributed by atoms with Crippen LogP contribution in [0.1, 0.15) is 36.1 Å². The van der Waals surface area contributed by atoms with Crippen LogP contribution in [0.2, 0.25) is 0 Å². The average molecular weight is 691 g/mol. The van der Waals surface area contributed by atoms with Gasteiger partial charge in [0, 0.05) is 24.0 Å². The third kappa shape index (κ3) is 9.28. The molecule has 0 saturated carbocycles. The summed E-state index contributed by atoms with van der Waals surface area (Å²) < 4.78 is 30.3. The zero-order valence-corrected chi connectivity index (χ0v) is 28.5. The van der Waals surface area contributed by atoms with Crippen LogP contribution in [-0.4, -0.2) is 44.3 Å². The number of benzene rings is 4. The van der Waals surface area contributed by atoms with Gasteiger partial charge in [0.05, 0.1) is 10.6 Å². The Hall–Kier alpha value is -3.95. The number of aryl methyl sites for hydroxylation is 2. The maximum absolute atomic E-state index is 14.5. The number of hydrogen-bond acceptors (Lipinski definition) is 4. The SMILES string of the molecule is Cc1ccc(N(CC(=O)N(Cc2ccc(Br)cc2)C(Cc2ccccc2)C(=O)NCC(C)C)S(=O)(=O)c2ccc(C)cc2)cc1. The molecule has 1 unspecified atom stereocenters. The van der Waals surface area contributed by atoms with Gasteiger partial charge in [-0.05, 0) is 67.3 Å². The van der Waals surface area contributed by atoms with Crippen molar-refractivity contribution in [3.05, 3.63) is 130 Å². The third-order valence-corrected chi connectivity index (χ3v) is 9.75. The number of nitrogens with one attached hydrogen (secondary N) is 1. The molecular formula is C36H40BrN3O4S. The van der Waals surface area contributed by atoms with E-state index in [0.717, 1.165) is 31.0 Å². The standard InChI is InChI=1S/C36H40BrN3O4S/c1-26(2)23-38-36(42)34(22-29-8-6-5-7-9-29)39(24-30-14-16-31(37)17-15-30)35(41)25-40(32-18-10-27(3)11-19-32)45(43,44)33-20-12-28(4)13-21-33/h5-21,26,34H,22-25H2,1-4H3,(H,38,42). The number of amides is 2. The van der Waals surface area contributed by atoms with Crippen LogP contribution < -0.4 is 9.62 Å². The molecule has 0 saturated heterocycles. The fourth-order valence-electron chi connectivity index (χ4n) is 4.84. The number of halogens is 1. The molecule has 4 aromatic carbocycles. The number of carbonyl (C=O) groups is 2. The molecule has 0 aliphatic rings. The van der Waals surface area contributed by atoms with Crippen molar-refractivity contribution >= 4 is 43.5 Å². The summed E-state index contributed by atoms with van der Waals surface area (Å²) in [4.78, 5) is 29.9. The summed E-state index contributed by atoms with van der Waals surface area (Å²) in [5, 5.41) is 3.01. The predicted octanol–water partition coefficient (Wildman–Crippen LogP) is 6.67. The number of anilines is 1. The molecule has 0 bridgehead atoms. The highest BCUT2D eigenvalue weighted by molar-refractivity contribution is 9.10. The lowest BCUT2D eigenvalue weighted by molar-refractivity contribution is -0.140. The highest BCUT2D eigenvalue weighted by Gasteiger charge is 2.34. The molecule has 0 fully saturated rings. The summed E-state index contributed by atoms with van der Waals surface area (Å²) in [6.45, 7) is 7.89. The summed E-state index contributed by atoms with van der Waals surface area (Å²) in [5.74, 6) is -0.574. The second-order valence-electron chi connectivity index (χ2n) is 11.7. The highest BCUT2D eigenvalue weighted by Crippen LogP contribution is 2.26. The third-order valence-electron chi connectivity index (χ3n) is 7.43. The molecule has 4 aromatic rings. The van der Waals surface area contributed by atoms with Gasteiger partial charge in [0.15, 0.2) is 0 Å². The quantitative estimate of drug-likeness (QED) is 0.170. The van der Waals surface area contributed by atoms with Gasteiger partial charge in [0.2, 0.25) is 11.8 Å². The first kappa shape index (κ1) is 33.9. The van der Waals surface area contributed by atoms with Crippen molar-refractivity contribution in [3.8, 4) is 0 Å². The number of hydrogen-bond donors (Lipinski definition) is 1. The molecule has 0 heterocycles. The Bertz CT molecular complexity index is 1680. The van der Waals surface area contributed by atoms with Gasteiger partial charge in [0.1, 0.15) is 12.6 Å². The molecule has 0 spiro atoms. The van der Waals surface area contributed by atoms with Gasteiger partial charge in [-0.3, -0.25) is 13.9 Å². The van der Waals surface area contributed by atoms with Gasteiger partial charge in [-0.15, -0.1) is 0 Å². The maximum atomic E-state index is 14.5. The van der Waals surface area contributed by atoms with Crippen LogP contribution in [0, 0.1) is 19.8 Å². The maximum Gasteiger partial charge on any atom is 0.264 e. The Morgan fingerprint density at radius 2 is 1.36 bits per heavy atom. The van der Waals surface area contributed by atoms with E-state index in [9.17, 15) is 18.0 Å². The van der Waals surface area contributed by atoms with Crippen LogP contribution in [0.4, 0.5) is 5.69 Å². The number of nitrogens with zero attached hydrogens (tertiary/aromatic N) is 2. The zero-order valence-electron chi connectivity index (χ0n) is 26.1. The van der Waals surface area contributed by atoms with Crippen molar-refractivity contribution in [2.75, 3.05) is 17.4 Å². The van der Waals surface area contributed by atoms with E-state index in [1.807, 2.05) is 94.4 Å². The molecule has 236 valence electrons. The van der Waals surface area contributed by atoms with Crippen molar-refractivity contribution in [3.63, 3.8) is 0 Å². The summed E-state index contributed by atoms with van der Waals surface area (Å²) in [7, 11) is -4.14. The van der Waals surface area contributed by atoms with Crippen molar-refractivity contribution in [2.24, 2.45) is 5.92 Å². The van der Waals surface area contributed by atoms with Gasteiger partial charge in [0.25, 0.3) is 10.0 Å². The lowest BCUT2D eigenvalue weighted by Crippen LogP contribution is -2.53. The molecule has 4 rings (SSSR count). The summed E-state index contributed by atoms with van der Waals surface area (Å²) in [6.07, 6.45) is 0.266. The van der Waals surface area contributed by atoms with Crippen molar-refractivity contribution in [1.29, 1.82) is 0 Å².